The molecule has 0 spiro atoms. The molecule has 3 rings (SSSR count). The second-order valence-corrected chi connectivity index (χ2v) is 6.02. The average Bonchev–Trinajstić information content (AvgIpc) is 3.02. The molecule has 0 N–H and O–H groups in total. The molecule has 20 heavy (non-hydrogen) atoms. The average molecular weight is 276 g/mol. The highest BCUT2D eigenvalue weighted by Crippen LogP contribution is 2.22. The van der Waals surface area contributed by atoms with E-state index in [0.29, 0.717) is 18.5 Å². The molecule has 0 radical (unpaired) electrons. The fraction of sp³-hybridized carbons (Fsp3) is 0.750. The Morgan fingerprint density at radius 1 is 1.15 bits per heavy atom. The quantitative estimate of drug-likeness (QED) is 0.778. The molecule has 1 amide bonds. The number of hydrogen-bond acceptors (Lipinski definition) is 3. The Morgan fingerprint density at radius 3 is 2.65 bits per heavy atom. The van der Waals surface area contributed by atoms with Gasteiger partial charge in [-0.1, -0.05) is 6.42 Å². The monoisotopic (exact) mass is 276 g/mol. The number of carbonyl (C=O) groups excluding carboxylic acids is 1. The molecule has 1 aliphatic carbocycles. The molecule has 110 valence electrons. The van der Waals surface area contributed by atoms with Crippen LogP contribution in [-0.4, -0.2) is 42.4 Å². The first kappa shape index (κ1) is 13.7. The lowest BCUT2D eigenvalue weighted by Crippen LogP contribution is -2.31. The summed E-state index contributed by atoms with van der Waals surface area (Å²) in [7, 11) is 0. The molecule has 3 aliphatic rings. The Labute approximate surface area is 120 Å². The van der Waals surface area contributed by atoms with E-state index in [9.17, 15) is 4.79 Å². The van der Waals surface area contributed by atoms with Crippen LogP contribution < -0.4 is 0 Å². The zero-order valence-electron chi connectivity index (χ0n) is 12.1. The minimum atomic E-state index is 0.196. The summed E-state index contributed by atoms with van der Waals surface area (Å²) in [6, 6.07) is 0. The molecule has 4 heteroatoms. The van der Waals surface area contributed by atoms with Gasteiger partial charge in [0.15, 0.2) is 0 Å². The lowest BCUT2D eigenvalue weighted by molar-refractivity contribution is -0.126. The highest BCUT2D eigenvalue weighted by Gasteiger charge is 2.24. The zero-order valence-corrected chi connectivity index (χ0v) is 12.1. The second-order valence-electron chi connectivity index (χ2n) is 6.02. The Balaban J connectivity index is 1.61. The van der Waals surface area contributed by atoms with Crippen LogP contribution in [-0.2, 0) is 9.53 Å². The van der Waals surface area contributed by atoms with Gasteiger partial charge in [0.25, 0.3) is 0 Å². The van der Waals surface area contributed by atoms with Gasteiger partial charge in [0.1, 0.15) is 6.10 Å². The number of amides is 1. The SMILES string of the molecule is O=C(C1=CC(OC2CCCCC2)=NCC1)N1CCCC1. The number of likely N-dealkylation sites (tertiary alicyclic amines) is 1. The van der Waals surface area contributed by atoms with Crippen molar-refractivity contribution in [3.63, 3.8) is 0 Å². The van der Waals surface area contributed by atoms with Crippen molar-refractivity contribution in [2.24, 2.45) is 4.99 Å². The third-order valence-electron chi connectivity index (χ3n) is 4.45. The maximum absolute atomic E-state index is 12.4. The van der Waals surface area contributed by atoms with Crippen LogP contribution in [0.25, 0.3) is 0 Å². The fourth-order valence-corrected chi connectivity index (χ4v) is 3.27. The van der Waals surface area contributed by atoms with Gasteiger partial charge in [0, 0.05) is 31.3 Å². The first-order valence-electron chi connectivity index (χ1n) is 8.04. The van der Waals surface area contributed by atoms with E-state index in [2.05, 4.69) is 4.99 Å². The van der Waals surface area contributed by atoms with Crippen LogP contribution in [0.4, 0.5) is 0 Å². The van der Waals surface area contributed by atoms with Crippen LogP contribution in [0.5, 0.6) is 0 Å². The molecule has 2 aliphatic heterocycles. The Kier molecular flexibility index (Phi) is 4.38. The van der Waals surface area contributed by atoms with E-state index in [1.807, 2.05) is 11.0 Å². The van der Waals surface area contributed by atoms with Crippen molar-refractivity contribution < 1.29 is 9.53 Å². The molecule has 0 aromatic heterocycles. The molecule has 0 unspecified atom stereocenters. The maximum atomic E-state index is 12.4. The number of rotatable bonds is 2. The number of nitrogens with zero attached hydrogens (tertiary/aromatic N) is 2. The minimum Gasteiger partial charge on any atom is -0.475 e. The molecule has 2 heterocycles. The van der Waals surface area contributed by atoms with Crippen molar-refractivity contribution in [3.05, 3.63) is 11.6 Å². The molecule has 0 bridgehead atoms. The van der Waals surface area contributed by atoms with Crippen molar-refractivity contribution in [1.82, 2.24) is 4.90 Å². The Hall–Kier alpha value is -1.32. The van der Waals surface area contributed by atoms with Gasteiger partial charge < -0.3 is 9.64 Å². The Morgan fingerprint density at radius 2 is 1.90 bits per heavy atom. The van der Waals surface area contributed by atoms with Crippen LogP contribution in [0.2, 0.25) is 0 Å². The van der Waals surface area contributed by atoms with Crippen molar-refractivity contribution in [3.8, 4) is 0 Å². The van der Waals surface area contributed by atoms with Gasteiger partial charge in [-0.3, -0.25) is 9.79 Å². The summed E-state index contributed by atoms with van der Waals surface area (Å²) in [5, 5.41) is 0. The summed E-state index contributed by atoms with van der Waals surface area (Å²) in [6.45, 7) is 2.51. The predicted molar refractivity (Wildman–Crippen MR) is 78.8 cm³/mol. The van der Waals surface area contributed by atoms with Crippen LogP contribution in [0.3, 0.4) is 0 Å². The molecule has 4 nitrogen and oxygen atoms in total. The summed E-state index contributed by atoms with van der Waals surface area (Å²) in [6.07, 6.45) is 11.3. The standard InChI is InChI=1S/C16H24N2O2/c19-16(18-10-4-5-11-18)13-8-9-17-15(12-13)20-14-6-2-1-3-7-14/h12,14H,1-11H2. The summed E-state index contributed by atoms with van der Waals surface area (Å²) in [5.41, 5.74) is 0.882. The van der Waals surface area contributed by atoms with Gasteiger partial charge in [0.05, 0.1) is 0 Å². The largest absolute Gasteiger partial charge is 0.475 e. The highest BCUT2D eigenvalue weighted by molar-refractivity contribution is 6.02. The van der Waals surface area contributed by atoms with E-state index in [0.717, 1.165) is 50.8 Å². The smallest absolute Gasteiger partial charge is 0.250 e. The second kappa shape index (κ2) is 6.42. The van der Waals surface area contributed by atoms with E-state index < -0.39 is 0 Å². The molecule has 2 fully saturated rings. The van der Waals surface area contributed by atoms with Crippen molar-refractivity contribution >= 4 is 11.8 Å². The van der Waals surface area contributed by atoms with Gasteiger partial charge in [0.2, 0.25) is 11.8 Å². The fourth-order valence-electron chi connectivity index (χ4n) is 3.27. The summed E-state index contributed by atoms with van der Waals surface area (Å²) in [5.74, 6) is 0.882. The third kappa shape index (κ3) is 3.22. The number of ether oxygens (including phenoxy) is 1. The van der Waals surface area contributed by atoms with E-state index in [1.54, 1.807) is 0 Å². The normalized spacial score (nSPS) is 24.3. The molecule has 1 saturated carbocycles. The van der Waals surface area contributed by atoms with Crippen molar-refractivity contribution in [1.29, 1.82) is 0 Å². The number of carbonyl (C=O) groups is 1. The van der Waals surface area contributed by atoms with Gasteiger partial charge in [-0.15, -0.1) is 0 Å². The lowest BCUT2D eigenvalue weighted by atomic mass is 9.98. The van der Waals surface area contributed by atoms with Gasteiger partial charge in [-0.2, -0.15) is 0 Å². The lowest BCUT2D eigenvalue weighted by Gasteiger charge is -2.25. The molecular formula is C16H24N2O2. The molecule has 0 aromatic carbocycles. The summed E-state index contributed by atoms with van der Waals surface area (Å²) < 4.78 is 5.98. The van der Waals surface area contributed by atoms with Crippen molar-refractivity contribution in [2.75, 3.05) is 19.6 Å². The first-order valence-corrected chi connectivity index (χ1v) is 8.04. The number of hydrogen-bond donors (Lipinski definition) is 0. The van der Waals surface area contributed by atoms with Crippen LogP contribution >= 0.6 is 0 Å². The molecule has 1 saturated heterocycles. The molecular weight excluding hydrogens is 252 g/mol. The van der Waals surface area contributed by atoms with E-state index >= 15 is 0 Å². The first-order chi connectivity index (χ1) is 9.83. The Bertz CT molecular complexity index is 416. The topological polar surface area (TPSA) is 41.9 Å². The summed E-state index contributed by atoms with van der Waals surface area (Å²) >= 11 is 0. The van der Waals surface area contributed by atoms with E-state index in [-0.39, 0.29) is 5.91 Å². The highest BCUT2D eigenvalue weighted by atomic mass is 16.5. The van der Waals surface area contributed by atoms with E-state index in [4.69, 9.17) is 4.74 Å². The maximum Gasteiger partial charge on any atom is 0.250 e. The zero-order chi connectivity index (χ0) is 13.8. The van der Waals surface area contributed by atoms with Gasteiger partial charge in [-0.05, 0) is 44.9 Å². The van der Waals surface area contributed by atoms with Gasteiger partial charge >= 0.3 is 0 Å². The van der Waals surface area contributed by atoms with Crippen LogP contribution in [0.15, 0.2) is 16.6 Å². The van der Waals surface area contributed by atoms with Crippen LogP contribution in [0, 0.1) is 0 Å². The third-order valence-corrected chi connectivity index (χ3v) is 4.45. The predicted octanol–water partition coefficient (Wildman–Crippen LogP) is 2.69. The van der Waals surface area contributed by atoms with Crippen molar-refractivity contribution in [2.45, 2.75) is 57.5 Å². The van der Waals surface area contributed by atoms with E-state index in [1.165, 1.54) is 19.3 Å². The molecule has 0 aromatic rings. The minimum absolute atomic E-state index is 0.196. The molecule has 0 atom stereocenters. The van der Waals surface area contributed by atoms with Crippen LogP contribution in [0.1, 0.15) is 51.4 Å². The van der Waals surface area contributed by atoms with Gasteiger partial charge in [-0.25, -0.2) is 0 Å². The number of aliphatic imine (C=N–C) groups is 1. The summed E-state index contributed by atoms with van der Waals surface area (Å²) in [4.78, 5) is 18.8. The number of dihydropyridines is 1.